The summed E-state index contributed by atoms with van der Waals surface area (Å²) in [5.74, 6) is 1.41. The molecule has 4 amide bonds. The molecule has 40 heavy (non-hydrogen) atoms. The second-order valence-corrected chi connectivity index (χ2v) is 10.4. The van der Waals surface area contributed by atoms with Crippen molar-refractivity contribution < 1.29 is 28.7 Å². The fourth-order valence-corrected chi connectivity index (χ4v) is 4.02. The van der Waals surface area contributed by atoms with Gasteiger partial charge in [-0.3, -0.25) is 14.4 Å². The quantitative estimate of drug-likeness (QED) is 0.364. The summed E-state index contributed by atoms with van der Waals surface area (Å²) >= 11 is 0. The van der Waals surface area contributed by atoms with E-state index in [0.29, 0.717) is 22.6 Å². The average molecular weight is 551 g/mol. The van der Waals surface area contributed by atoms with E-state index in [1.807, 2.05) is 0 Å². The second kappa shape index (κ2) is 14.0. The molecule has 0 aromatic heterocycles. The van der Waals surface area contributed by atoms with Crippen LogP contribution in [0.2, 0.25) is 0 Å². The SMILES string of the molecule is C#Cc1ccccc1C(C(=O)Nc1ccc(OC)cc1)N(C(=O)C(CCC(N)=O)NC(=O)OC(C)(C)C)C(C)C. The molecule has 2 rings (SSSR count). The Kier molecular flexibility index (Phi) is 11.1. The van der Waals surface area contributed by atoms with E-state index in [0.717, 1.165) is 0 Å². The molecule has 0 saturated carbocycles. The molecule has 0 radical (unpaired) electrons. The number of methoxy groups -OCH3 is 1. The zero-order chi connectivity index (χ0) is 30.0. The first-order chi connectivity index (χ1) is 18.8. The van der Waals surface area contributed by atoms with E-state index in [9.17, 15) is 19.2 Å². The number of hydrogen-bond donors (Lipinski definition) is 3. The van der Waals surface area contributed by atoms with E-state index in [-0.39, 0.29) is 12.8 Å². The van der Waals surface area contributed by atoms with Crippen LogP contribution < -0.4 is 21.1 Å². The van der Waals surface area contributed by atoms with Crippen LogP contribution in [0, 0.1) is 12.3 Å². The van der Waals surface area contributed by atoms with Crippen LogP contribution in [0.3, 0.4) is 0 Å². The van der Waals surface area contributed by atoms with Crippen LogP contribution in [0.4, 0.5) is 10.5 Å². The summed E-state index contributed by atoms with van der Waals surface area (Å²) in [5, 5.41) is 5.41. The van der Waals surface area contributed by atoms with E-state index in [2.05, 4.69) is 16.6 Å². The van der Waals surface area contributed by atoms with Gasteiger partial charge in [-0.2, -0.15) is 0 Å². The van der Waals surface area contributed by atoms with Gasteiger partial charge in [0.1, 0.15) is 23.4 Å². The van der Waals surface area contributed by atoms with Crippen LogP contribution >= 0.6 is 0 Å². The topological polar surface area (TPSA) is 140 Å². The maximum Gasteiger partial charge on any atom is 0.408 e. The van der Waals surface area contributed by atoms with E-state index in [4.69, 9.17) is 21.6 Å². The molecule has 2 unspecified atom stereocenters. The number of nitrogens with two attached hydrogens (primary N) is 1. The fourth-order valence-electron chi connectivity index (χ4n) is 4.02. The molecular formula is C30H38N4O6. The van der Waals surface area contributed by atoms with Crippen molar-refractivity contribution >= 4 is 29.5 Å². The Balaban J connectivity index is 2.57. The number of primary amides is 1. The molecule has 0 aliphatic rings. The predicted octanol–water partition coefficient (Wildman–Crippen LogP) is 3.75. The van der Waals surface area contributed by atoms with Crippen LogP contribution in [0.5, 0.6) is 5.75 Å². The molecule has 0 fully saturated rings. The standard InChI is InChI=1S/C30H38N4O6/c1-8-20-11-9-10-12-23(20)26(27(36)32-21-13-15-22(39-7)16-14-21)34(19(2)3)28(37)24(17-18-25(31)35)33-29(38)40-30(4,5)6/h1,9-16,19,24,26H,17-18H2,2-7H3,(H2,31,35)(H,32,36)(H,33,38). The number of carbonyl (C=O) groups excluding carboxylic acids is 4. The Morgan fingerprint density at radius 2 is 1.68 bits per heavy atom. The first-order valence-corrected chi connectivity index (χ1v) is 12.9. The van der Waals surface area contributed by atoms with Gasteiger partial charge in [0.05, 0.1) is 7.11 Å². The lowest BCUT2D eigenvalue weighted by atomic mass is 9.96. The summed E-state index contributed by atoms with van der Waals surface area (Å²) in [4.78, 5) is 53.6. The molecule has 4 N–H and O–H groups in total. The number of nitrogens with zero attached hydrogens (tertiary/aromatic N) is 1. The van der Waals surface area contributed by atoms with Crippen molar-refractivity contribution in [2.75, 3.05) is 12.4 Å². The normalized spacial score (nSPS) is 12.4. The summed E-state index contributed by atoms with van der Waals surface area (Å²) in [7, 11) is 1.53. The largest absolute Gasteiger partial charge is 0.497 e. The van der Waals surface area contributed by atoms with Gasteiger partial charge in [0.2, 0.25) is 11.8 Å². The number of benzene rings is 2. The number of ether oxygens (including phenoxy) is 2. The van der Waals surface area contributed by atoms with Gasteiger partial charge in [-0.1, -0.05) is 24.1 Å². The monoisotopic (exact) mass is 550 g/mol. The van der Waals surface area contributed by atoms with E-state index < -0.39 is 47.5 Å². The third kappa shape index (κ3) is 9.05. The molecule has 0 aliphatic heterocycles. The minimum Gasteiger partial charge on any atom is -0.497 e. The molecule has 10 nitrogen and oxygen atoms in total. The number of amides is 4. The summed E-state index contributed by atoms with van der Waals surface area (Å²) < 4.78 is 10.5. The van der Waals surface area contributed by atoms with Crippen LogP contribution in [-0.2, 0) is 19.1 Å². The zero-order valence-electron chi connectivity index (χ0n) is 23.8. The van der Waals surface area contributed by atoms with Gasteiger partial charge in [-0.25, -0.2) is 4.79 Å². The third-order valence-corrected chi connectivity index (χ3v) is 5.77. The number of alkyl carbamates (subject to hydrolysis) is 1. The smallest absolute Gasteiger partial charge is 0.408 e. The highest BCUT2D eigenvalue weighted by Crippen LogP contribution is 2.29. The molecule has 2 aromatic carbocycles. The van der Waals surface area contributed by atoms with Crippen molar-refractivity contribution in [3.63, 3.8) is 0 Å². The van der Waals surface area contributed by atoms with Gasteiger partial charge < -0.3 is 30.7 Å². The lowest BCUT2D eigenvalue weighted by molar-refractivity contribution is -0.143. The summed E-state index contributed by atoms with van der Waals surface area (Å²) in [5.41, 5.74) is 5.84. The predicted molar refractivity (Wildman–Crippen MR) is 152 cm³/mol. The Hall–Kier alpha value is -4.52. The lowest BCUT2D eigenvalue weighted by Crippen LogP contribution is -2.54. The minimum atomic E-state index is -1.21. The highest BCUT2D eigenvalue weighted by atomic mass is 16.6. The van der Waals surface area contributed by atoms with Gasteiger partial charge in [0, 0.05) is 23.7 Å². The van der Waals surface area contributed by atoms with E-state index >= 15 is 0 Å². The molecule has 0 heterocycles. The zero-order valence-corrected chi connectivity index (χ0v) is 23.8. The molecule has 0 aliphatic carbocycles. The summed E-state index contributed by atoms with van der Waals surface area (Å²) in [6.45, 7) is 8.53. The van der Waals surface area contributed by atoms with Gasteiger partial charge in [0.15, 0.2) is 0 Å². The van der Waals surface area contributed by atoms with Crippen molar-refractivity contribution in [2.24, 2.45) is 5.73 Å². The number of carbonyl (C=O) groups is 4. The number of rotatable bonds is 11. The number of nitrogens with one attached hydrogen (secondary N) is 2. The molecule has 0 spiro atoms. The highest BCUT2D eigenvalue weighted by Gasteiger charge is 2.38. The van der Waals surface area contributed by atoms with Gasteiger partial charge >= 0.3 is 6.09 Å². The van der Waals surface area contributed by atoms with Crippen LogP contribution in [0.25, 0.3) is 0 Å². The fraction of sp³-hybridized carbons (Fsp3) is 0.400. The first-order valence-electron chi connectivity index (χ1n) is 12.9. The molecule has 0 saturated heterocycles. The van der Waals surface area contributed by atoms with Crippen molar-refractivity contribution in [1.29, 1.82) is 0 Å². The molecule has 10 heteroatoms. The number of hydrogen-bond acceptors (Lipinski definition) is 6. The Labute approximate surface area is 235 Å². The van der Waals surface area contributed by atoms with Crippen molar-refractivity contribution in [2.45, 2.75) is 71.2 Å². The Morgan fingerprint density at radius 3 is 2.20 bits per heavy atom. The first kappa shape index (κ1) is 31.7. The van der Waals surface area contributed by atoms with Crippen molar-refractivity contribution in [3.05, 3.63) is 59.7 Å². The Morgan fingerprint density at radius 1 is 1.05 bits per heavy atom. The van der Waals surface area contributed by atoms with Crippen molar-refractivity contribution in [3.8, 4) is 18.1 Å². The van der Waals surface area contributed by atoms with Gasteiger partial charge in [-0.15, -0.1) is 6.42 Å². The van der Waals surface area contributed by atoms with Gasteiger partial charge in [-0.05, 0) is 76.9 Å². The number of anilines is 1. The average Bonchev–Trinajstić information content (AvgIpc) is 2.88. The van der Waals surface area contributed by atoms with Crippen molar-refractivity contribution in [1.82, 2.24) is 10.2 Å². The maximum absolute atomic E-state index is 14.1. The summed E-state index contributed by atoms with van der Waals surface area (Å²) in [6.07, 6.45) is 4.65. The van der Waals surface area contributed by atoms with E-state index in [1.165, 1.54) is 12.0 Å². The molecule has 2 atom stereocenters. The van der Waals surface area contributed by atoms with Gasteiger partial charge in [0.25, 0.3) is 5.91 Å². The third-order valence-electron chi connectivity index (χ3n) is 5.77. The van der Waals surface area contributed by atoms with Crippen LogP contribution in [0.1, 0.15) is 64.6 Å². The summed E-state index contributed by atoms with van der Waals surface area (Å²) in [6, 6.07) is 10.6. The van der Waals surface area contributed by atoms with E-state index in [1.54, 1.807) is 83.1 Å². The molecule has 0 bridgehead atoms. The Bertz CT molecular complexity index is 1240. The minimum absolute atomic E-state index is 0.0970. The highest BCUT2D eigenvalue weighted by molar-refractivity contribution is 5.99. The molecule has 2 aromatic rings. The second-order valence-electron chi connectivity index (χ2n) is 10.4. The lowest BCUT2D eigenvalue weighted by Gasteiger charge is -2.37. The molecule has 214 valence electrons. The van der Waals surface area contributed by atoms with Crippen LogP contribution in [0.15, 0.2) is 48.5 Å². The van der Waals surface area contributed by atoms with Crippen LogP contribution in [-0.4, -0.2) is 53.5 Å². The maximum atomic E-state index is 14.1. The molecular weight excluding hydrogens is 512 g/mol. The number of terminal acetylenes is 1.